The number of nitrogens with two attached hydrogens (primary N) is 1. The molecule has 15 heavy (non-hydrogen) atoms. The Labute approximate surface area is 98.7 Å². The average Bonchev–Trinajstić information content (AvgIpc) is 2.20. The molecule has 0 aromatic heterocycles. The monoisotopic (exact) mass is 273 g/mol. The highest BCUT2D eigenvalue weighted by molar-refractivity contribution is 9.10. The summed E-state index contributed by atoms with van der Waals surface area (Å²) >= 11 is 3.41. The average molecular weight is 274 g/mol. The van der Waals surface area contributed by atoms with Gasteiger partial charge in [-0.05, 0) is 25.1 Å². The number of halogens is 1. The van der Waals surface area contributed by atoms with Gasteiger partial charge in [0.2, 0.25) is 0 Å². The van der Waals surface area contributed by atoms with Crippen LogP contribution in [0.1, 0.15) is 18.5 Å². The van der Waals surface area contributed by atoms with E-state index in [1.54, 1.807) is 7.11 Å². The van der Waals surface area contributed by atoms with Crippen LogP contribution in [0.2, 0.25) is 0 Å². The van der Waals surface area contributed by atoms with Gasteiger partial charge in [0.1, 0.15) is 12.4 Å². The van der Waals surface area contributed by atoms with Crippen molar-refractivity contribution in [1.82, 2.24) is 0 Å². The summed E-state index contributed by atoms with van der Waals surface area (Å²) in [5.41, 5.74) is 6.86. The first-order chi connectivity index (χ1) is 7.15. The van der Waals surface area contributed by atoms with E-state index >= 15 is 0 Å². The second-order valence-electron chi connectivity index (χ2n) is 3.31. The van der Waals surface area contributed by atoms with Crippen LogP contribution in [-0.4, -0.2) is 20.3 Å². The smallest absolute Gasteiger partial charge is 0.124 e. The van der Waals surface area contributed by atoms with Crippen LogP contribution < -0.4 is 10.5 Å². The first-order valence-electron chi connectivity index (χ1n) is 4.82. The van der Waals surface area contributed by atoms with Gasteiger partial charge in [0.05, 0.1) is 6.61 Å². The second kappa shape index (κ2) is 6.10. The van der Waals surface area contributed by atoms with Crippen LogP contribution in [-0.2, 0) is 4.74 Å². The Hall–Kier alpha value is -0.580. The van der Waals surface area contributed by atoms with Gasteiger partial charge in [0.15, 0.2) is 0 Å². The van der Waals surface area contributed by atoms with Crippen LogP contribution in [0.25, 0.3) is 0 Å². The molecule has 0 saturated heterocycles. The van der Waals surface area contributed by atoms with Crippen molar-refractivity contribution in [3.05, 3.63) is 28.2 Å². The standard InChI is InChI=1S/C11H16BrNO2/c1-8(13)10-7-9(12)3-4-11(10)15-6-5-14-2/h3-4,7-8H,5-6,13H2,1-2H3/t8-/m1/s1. The van der Waals surface area contributed by atoms with Crippen LogP contribution >= 0.6 is 15.9 Å². The maximum absolute atomic E-state index is 5.86. The van der Waals surface area contributed by atoms with Crippen LogP contribution in [0.5, 0.6) is 5.75 Å². The summed E-state index contributed by atoms with van der Waals surface area (Å²) in [4.78, 5) is 0. The summed E-state index contributed by atoms with van der Waals surface area (Å²) in [6.45, 7) is 3.05. The fraction of sp³-hybridized carbons (Fsp3) is 0.455. The van der Waals surface area contributed by atoms with Gasteiger partial charge in [-0.15, -0.1) is 0 Å². The van der Waals surface area contributed by atoms with Gasteiger partial charge in [-0.2, -0.15) is 0 Å². The zero-order valence-electron chi connectivity index (χ0n) is 9.00. The Bertz CT molecular complexity index is 315. The van der Waals surface area contributed by atoms with E-state index in [0.29, 0.717) is 13.2 Å². The summed E-state index contributed by atoms with van der Waals surface area (Å²) in [6, 6.07) is 5.79. The zero-order valence-corrected chi connectivity index (χ0v) is 10.6. The van der Waals surface area contributed by atoms with Gasteiger partial charge < -0.3 is 15.2 Å². The maximum atomic E-state index is 5.86. The van der Waals surface area contributed by atoms with Crippen molar-refractivity contribution in [2.75, 3.05) is 20.3 Å². The molecule has 3 nitrogen and oxygen atoms in total. The minimum atomic E-state index is -0.0416. The third kappa shape index (κ3) is 3.81. The van der Waals surface area contributed by atoms with Gasteiger partial charge in [0.25, 0.3) is 0 Å². The highest BCUT2D eigenvalue weighted by Gasteiger charge is 2.08. The third-order valence-electron chi connectivity index (χ3n) is 2.01. The minimum absolute atomic E-state index is 0.0416. The summed E-state index contributed by atoms with van der Waals surface area (Å²) < 4.78 is 11.5. The van der Waals surface area contributed by atoms with E-state index in [-0.39, 0.29) is 6.04 Å². The van der Waals surface area contributed by atoms with E-state index < -0.39 is 0 Å². The lowest BCUT2D eigenvalue weighted by molar-refractivity contribution is 0.145. The minimum Gasteiger partial charge on any atom is -0.491 e. The molecule has 0 heterocycles. The number of rotatable bonds is 5. The SMILES string of the molecule is COCCOc1ccc(Br)cc1[C@@H](C)N. The first-order valence-corrected chi connectivity index (χ1v) is 5.61. The van der Waals surface area contributed by atoms with Crippen molar-refractivity contribution in [2.45, 2.75) is 13.0 Å². The fourth-order valence-corrected chi connectivity index (χ4v) is 1.62. The fourth-order valence-electron chi connectivity index (χ4n) is 1.24. The zero-order chi connectivity index (χ0) is 11.3. The van der Waals surface area contributed by atoms with Crippen LogP contribution in [0.4, 0.5) is 0 Å². The molecular weight excluding hydrogens is 258 g/mol. The molecule has 1 aromatic carbocycles. The lowest BCUT2D eigenvalue weighted by Gasteiger charge is -2.14. The lowest BCUT2D eigenvalue weighted by atomic mass is 10.1. The highest BCUT2D eigenvalue weighted by Crippen LogP contribution is 2.27. The summed E-state index contributed by atoms with van der Waals surface area (Å²) in [5.74, 6) is 0.824. The predicted molar refractivity (Wildman–Crippen MR) is 64.1 cm³/mol. The number of benzene rings is 1. The molecule has 0 aliphatic carbocycles. The first kappa shape index (κ1) is 12.5. The van der Waals surface area contributed by atoms with Crippen LogP contribution in [0.15, 0.2) is 22.7 Å². The molecule has 0 radical (unpaired) electrons. The van der Waals surface area contributed by atoms with Crippen LogP contribution in [0.3, 0.4) is 0 Å². The van der Waals surface area contributed by atoms with Gasteiger partial charge in [-0.1, -0.05) is 15.9 Å². The Morgan fingerprint density at radius 3 is 2.73 bits per heavy atom. The summed E-state index contributed by atoms with van der Waals surface area (Å²) in [5, 5.41) is 0. The molecule has 0 spiro atoms. The van der Waals surface area contributed by atoms with Crippen LogP contribution in [0, 0.1) is 0 Å². The number of hydrogen-bond acceptors (Lipinski definition) is 3. The van der Waals surface area contributed by atoms with E-state index in [2.05, 4.69) is 15.9 Å². The molecular formula is C11H16BrNO2. The molecule has 4 heteroatoms. The van der Waals surface area contributed by atoms with Crippen molar-refractivity contribution in [2.24, 2.45) is 5.73 Å². The molecule has 2 N–H and O–H groups in total. The Morgan fingerprint density at radius 2 is 2.13 bits per heavy atom. The van der Waals surface area contributed by atoms with Gasteiger partial charge in [0, 0.05) is 23.2 Å². The largest absolute Gasteiger partial charge is 0.491 e. The number of ether oxygens (including phenoxy) is 2. The molecule has 0 aliphatic rings. The van der Waals surface area contributed by atoms with E-state index in [9.17, 15) is 0 Å². The second-order valence-corrected chi connectivity index (χ2v) is 4.23. The van der Waals surface area contributed by atoms with Crippen molar-refractivity contribution in [3.63, 3.8) is 0 Å². The van der Waals surface area contributed by atoms with Gasteiger partial charge in [-0.3, -0.25) is 0 Å². The van der Waals surface area contributed by atoms with E-state index in [0.717, 1.165) is 15.8 Å². The summed E-state index contributed by atoms with van der Waals surface area (Å²) in [6.07, 6.45) is 0. The van der Waals surface area contributed by atoms with Crippen molar-refractivity contribution in [1.29, 1.82) is 0 Å². The van der Waals surface area contributed by atoms with Crippen molar-refractivity contribution in [3.8, 4) is 5.75 Å². The normalized spacial score (nSPS) is 12.5. The van der Waals surface area contributed by atoms with Gasteiger partial charge >= 0.3 is 0 Å². The van der Waals surface area contributed by atoms with E-state index in [1.807, 2.05) is 25.1 Å². The molecule has 0 unspecified atom stereocenters. The van der Waals surface area contributed by atoms with E-state index in [4.69, 9.17) is 15.2 Å². The molecule has 1 aromatic rings. The molecule has 1 rings (SSSR count). The molecule has 0 bridgehead atoms. The molecule has 1 atom stereocenters. The van der Waals surface area contributed by atoms with Crippen molar-refractivity contribution < 1.29 is 9.47 Å². The topological polar surface area (TPSA) is 44.5 Å². The molecule has 0 saturated carbocycles. The highest BCUT2D eigenvalue weighted by atomic mass is 79.9. The molecule has 84 valence electrons. The molecule has 0 amide bonds. The molecule has 0 aliphatic heterocycles. The van der Waals surface area contributed by atoms with E-state index in [1.165, 1.54) is 0 Å². The summed E-state index contributed by atoms with van der Waals surface area (Å²) in [7, 11) is 1.65. The lowest BCUT2D eigenvalue weighted by Crippen LogP contribution is -2.10. The Balaban J connectivity index is 2.77. The predicted octanol–water partition coefficient (Wildman–Crippen LogP) is 2.49. The third-order valence-corrected chi connectivity index (χ3v) is 2.50. The van der Waals surface area contributed by atoms with Gasteiger partial charge in [-0.25, -0.2) is 0 Å². The Morgan fingerprint density at radius 1 is 1.40 bits per heavy atom. The maximum Gasteiger partial charge on any atom is 0.124 e. The number of methoxy groups -OCH3 is 1. The van der Waals surface area contributed by atoms with Crippen molar-refractivity contribution >= 4 is 15.9 Å². The number of hydrogen-bond donors (Lipinski definition) is 1. The Kier molecular flexibility index (Phi) is 5.08. The quantitative estimate of drug-likeness (QED) is 0.839. The molecule has 0 fully saturated rings.